The van der Waals surface area contributed by atoms with Crippen LogP contribution in [0.15, 0.2) is 41.5 Å². The van der Waals surface area contributed by atoms with E-state index >= 15 is 0 Å². The molecule has 0 amide bonds. The topological polar surface area (TPSA) is 67.5 Å². The lowest BCUT2D eigenvalue weighted by Gasteiger charge is -2.08. The van der Waals surface area contributed by atoms with Gasteiger partial charge in [-0.25, -0.2) is 0 Å². The monoisotopic (exact) mass is 337 g/mol. The van der Waals surface area contributed by atoms with Crippen molar-refractivity contribution in [2.24, 2.45) is 5.10 Å². The highest BCUT2D eigenvalue weighted by Crippen LogP contribution is 2.34. The Kier molecular flexibility index (Phi) is 4.87. The van der Waals surface area contributed by atoms with Gasteiger partial charge in [-0.15, -0.1) is 0 Å². The molecule has 1 N–H and O–H groups in total. The summed E-state index contributed by atoms with van der Waals surface area (Å²) in [5, 5.41) is 14.9. The maximum Gasteiger partial charge on any atom is 0.416 e. The summed E-state index contributed by atoms with van der Waals surface area (Å²) in [6.07, 6.45) is -3.19. The summed E-state index contributed by atoms with van der Waals surface area (Å²) in [5.74, 6) is 0. The molecule has 0 saturated heterocycles. The van der Waals surface area contributed by atoms with Gasteiger partial charge in [0.2, 0.25) is 0 Å². The first-order valence-electron chi connectivity index (χ1n) is 6.90. The van der Waals surface area contributed by atoms with Crippen LogP contribution in [-0.2, 0) is 6.18 Å². The molecule has 0 spiro atoms. The molecule has 24 heavy (non-hydrogen) atoms. The Balaban J connectivity index is 2.28. The van der Waals surface area contributed by atoms with Gasteiger partial charge in [0.05, 0.1) is 16.7 Å². The number of nitrogens with one attached hydrogen (secondary N) is 1. The fourth-order valence-corrected chi connectivity index (χ4v) is 2.02. The van der Waals surface area contributed by atoms with Crippen LogP contribution >= 0.6 is 0 Å². The smallest absolute Gasteiger partial charge is 0.272 e. The van der Waals surface area contributed by atoms with Crippen molar-refractivity contribution in [2.45, 2.75) is 20.0 Å². The maximum absolute atomic E-state index is 12.6. The minimum atomic E-state index is -4.65. The number of nitro benzene ring substituents is 1. The third kappa shape index (κ3) is 4.09. The highest BCUT2D eigenvalue weighted by Gasteiger charge is 2.33. The zero-order valence-electron chi connectivity index (χ0n) is 12.9. The second kappa shape index (κ2) is 6.69. The lowest BCUT2D eigenvalue weighted by Crippen LogP contribution is -2.06. The molecule has 0 atom stereocenters. The van der Waals surface area contributed by atoms with Gasteiger partial charge >= 0.3 is 6.18 Å². The van der Waals surface area contributed by atoms with Gasteiger partial charge in [-0.3, -0.25) is 15.5 Å². The van der Waals surface area contributed by atoms with Gasteiger partial charge in [-0.05, 0) is 37.1 Å². The van der Waals surface area contributed by atoms with E-state index in [1.165, 1.54) is 6.21 Å². The van der Waals surface area contributed by atoms with Gasteiger partial charge in [0.25, 0.3) is 5.69 Å². The summed E-state index contributed by atoms with van der Waals surface area (Å²) < 4.78 is 37.9. The Bertz CT molecular complexity index is 802. The lowest BCUT2D eigenvalue weighted by atomic mass is 10.1. The molecule has 2 aromatic rings. The van der Waals surface area contributed by atoms with E-state index in [0.717, 1.165) is 28.8 Å². The summed E-state index contributed by atoms with van der Waals surface area (Å²) in [5.41, 5.74) is 3.31. The molecule has 0 unspecified atom stereocenters. The van der Waals surface area contributed by atoms with Crippen LogP contribution in [0.2, 0.25) is 0 Å². The number of hydrazone groups is 1. The lowest BCUT2D eigenvalue weighted by molar-refractivity contribution is -0.384. The van der Waals surface area contributed by atoms with Crippen molar-refractivity contribution in [3.05, 3.63) is 68.8 Å². The predicted octanol–water partition coefficient (Wildman–Crippen LogP) is 4.68. The number of rotatable bonds is 4. The van der Waals surface area contributed by atoms with E-state index < -0.39 is 22.4 Å². The Hall–Kier alpha value is -2.90. The molecule has 0 radical (unpaired) electrons. The fraction of sp³-hybridized carbons (Fsp3) is 0.188. The van der Waals surface area contributed by atoms with Crippen LogP contribution in [0.5, 0.6) is 0 Å². The Labute approximate surface area is 136 Å². The van der Waals surface area contributed by atoms with Crippen LogP contribution in [0.25, 0.3) is 0 Å². The number of halogens is 3. The molecule has 0 saturated carbocycles. The first kappa shape index (κ1) is 17.5. The number of anilines is 1. The number of benzene rings is 2. The molecule has 8 heteroatoms. The zero-order chi connectivity index (χ0) is 17.9. The van der Waals surface area contributed by atoms with E-state index in [4.69, 9.17) is 0 Å². The number of hydrogen-bond acceptors (Lipinski definition) is 4. The Morgan fingerprint density at radius 1 is 1.17 bits per heavy atom. The van der Waals surface area contributed by atoms with E-state index in [9.17, 15) is 23.3 Å². The molecule has 5 nitrogen and oxygen atoms in total. The summed E-state index contributed by atoms with van der Waals surface area (Å²) in [4.78, 5) is 10.1. The summed E-state index contributed by atoms with van der Waals surface area (Å²) in [7, 11) is 0. The number of aryl methyl sites for hydroxylation is 2. The molecular formula is C16H14F3N3O2. The van der Waals surface area contributed by atoms with E-state index in [2.05, 4.69) is 10.5 Å². The maximum atomic E-state index is 12.6. The van der Waals surface area contributed by atoms with Crippen molar-refractivity contribution < 1.29 is 18.1 Å². The van der Waals surface area contributed by atoms with Crippen molar-refractivity contribution >= 4 is 17.6 Å². The molecule has 0 bridgehead atoms. The standard InChI is InChI=1S/C16H14F3N3O2/c1-10-3-4-11(2)12(7-10)9-20-21-14-6-5-13(16(17,18)19)8-15(14)22(23)24/h3-9,21H,1-2H3. The number of nitrogens with zero attached hydrogens (tertiary/aromatic N) is 2. The van der Waals surface area contributed by atoms with Gasteiger partial charge in [0.1, 0.15) is 5.69 Å². The van der Waals surface area contributed by atoms with E-state index in [1.807, 2.05) is 32.0 Å². The van der Waals surface area contributed by atoms with Crippen molar-refractivity contribution in [3.8, 4) is 0 Å². The molecule has 0 aliphatic carbocycles. The van der Waals surface area contributed by atoms with Crippen molar-refractivity contribution in [1.29, 1.82) is 0 Å². The Morgan fingerprint density at radius 3 is 2.50 bits per heavy atom. The van der Waals surface area contributed by atoms with Crippen molar-refractivity contribution in [1.82, 2.24) is 0 Å². The summed E-state index contributed by atoms with van der Waals surface area (Å²) in [6, 6.07) is 7.94. The highest BCUT2D eigenvalue weighted by molar-refractivity contribution is 5.82. The first-order chi connectivity index (χ1) is 11.2. The van der Waals surface area contributed by atoms with Crippen LogP contribution in [0.3, 0.4) is 0 Å². The van der Waals surface area contributed by atoms with E-state index in [-0.39, 0.29) is 5.69 Å². The quantitative estimate of drug-likeness (QED) is 0.500. The Morgan fingerprint density at radius 2 is 1.88 bits per heavy atom. The molecule has 0 aliphatic rings. The number of alkyl halides is 3. The summed E-state index contributed by atoms with van der Waals surface area (Å²) in [6.45, 7) is 3.78. The van der Waals surface area contributed by atoms with Gasteiger partial charge in [-0.2, -0.15) is 18.3 Å². The van der Waals surface area contributed by atoms with Crippen LogP contribution < -0.4 is 5.43 Å². The van der Waals surface area contributed by atoms with Crippen LogP contribution in [0, 0.1) is 24.0 Å². The molecule has 0 aliphatic heterocycles. The zero-order valence-corrected chi connectivity index (χ0v) is 12.9. The van der Waals surface area contributed by atoms with Gasteiger partial charge in [0, 0.05) is 6.07 Å². The van der Waals surface area contributed by atoms with Gasteiger partial charge in [-0.1, -0.05) is 23.8 Å². The van der Waals surface area contributed by atoms with Gasteiger partial charge in [0.15, 0.2) is 0 Å². The minimum absolute atomic E-state index is 0.116. The first-order valence-corrected chi connectivity index (χ1v) is 6.90. The third-order valence-corrected chi connectivity index (χ3v) is 3.35. The summed E-state index contributed by atoms with van der Waals surface area (Å²) >= 11 is 0. The highest BCUT2D eigenvalue weighted by atomic mass is 19.4. The average molecular weight is 337 g/mol. The average Bonchev–Trinajstić information content (AvgIpc) is 2.49. The van der Waals surface area contributed by atoms with Crippen molar-refractivity contribution in [3.63, 3.8) is 0 Å². The second-order valence-corrected chi connectivity index (χ2v) is 5.22. The molecular weight excluding hydrogens is 323 g/mol. The normalized spacial score (nSPS) is 11.7. The SMILES string of the molecule is Cc1ccc(C)c(C=NNc2ccc(C(F)(F)F)cc2[N+](=O)[O-])c1. The van der Waals surface area contributed by atoms with Crippen LogP contribution in [0.4, 0.5) is 24.5 Å². The van der Waals surface area contributed by atoms with Crippen LogP contribution in [0.1, 0.15) is 22.3 Å². The fourth-order valence-electron chi connectivity index (χ4n) is 2.02. The number of nitro groups is 1. The predicted molar refractivity (Wildman–Crippen MR) is 85.2 cm³/mol. The molecule has 2 aromatic carbocycles. The minimum Gasteiger partial charge on any atom is -0.272 e. The number of hydrogen-bond donors (Lipinski definition) is 1. The molecule has 2 rings (SSSR count). The van der Waals surface area contributed by atoms with Crippen LogP contribution in [-0.4, -0.2) is 11.1 Å². The van der Waals surface area contributed by atoms with E-state index in [1.54, 1.807) is 0 Å². The molecule has 126 valence electrons. The third-order valence-electron chi connectivity index (χ3n) is 3.35. The van der Waals surface area contributed by atoms with E-state index in [0.29, 0.717) is 6.07 Å². The molecule has 0 fully saturated rings. The molecule has 0 aromatic heterocycles. The van der Waals surface area contributed by atoms with Gasteiger partial charge < -0.3 is 0 Å². The largest absolute Gasteiger partial charge is 0.416 e. The van der Waals surface area contributed by atoms with Crippen molar-refractivity contribution in [2.75, 3.05) is 5.43 Å². The molecule has 0 heterocycles. The second-order valence-electron chi connectivity index (χ2n) is 5.22.